The number of carbonyl (C=O) groups is 4. The predicted molar refractivity (Wildman–Crippen MR) is 94.7 cm³/mol. The first-order valence-electron chi connectivity index (χ1n) is 8.71. The minimum absolute atomic E-state index is 0.111. The molecule has 1 atom stereocenters. The van der Waals surface area contributed by atoms with Gasteiger partial charge in [-0.3, -0.25) is 29.4 Å². The number of fused-ring (bicyclic) bond motifs is 1. The molecular formula is C18H22N4O4. The van der Waals surface area contributed by atoms with E-state index in [0.29, 0.717) is 12.6 Å². The van der Waals surface area contributed by atoms with Crippen LogP contribution in [0, 0.1) is 0 Å². The monoisotopic (exact) mass is 358 g/mol. The van der Waals surface area contributed by atoms with Crippen molar-refractivity contribution in [2.75, 3.05) is 18.4 Å². The second kappa shape index (κ2) is 7.25. The first-order chi connectivity index (χ1) is 12.4. The first kappa shape index (κ1) is 18.1. The fourth-order valence-electron chi connectivity index (χ4n) is 3.15. The Morgan fingerprint density at radius 2 is 1.85 bits per heavy atom. The third kappa shape index (κ3) is 3.45. The van der Waals surface area contributed by atoms with Gasteiger partial charge in [-0.2, -0.15) is 0 Å². The number of imide groups is 2. The average Bonchev–Trinajstić information content (AvgIpc) is 2.83. The van der Waals surface area contributed by atoms with E-state index in [1.165, 1.54) is 0 Å². The van der Waals surface area contributed by atoms with Crippen molar-refractivity contribution in [2.24, 2.45) is 0 Å². The zero-order chi connectivity index (χ0) is 18.8. The summed E-state index contributed by atoms with van der Waals surface area (Å²) in [7, 11) is 0. The number of nitrogens with zero attached hydrogens (tertiary/aromatic N) is 1. The van der Waals surface area contributed by atoms with Crippen molar-refractivity contribution < 1.29 is 19.2 Å². The van der Waals surface area contributed by atoms with Crippen LogP contribution >= 0.6 is 0 Å². The molecule has 1 aromatic rings. The second-order valence-corrected chi connectivity index (χ2v) is 6.74. The fraction of sp³-hybridized carbons (Fsp3) is 0.444. The van der Waals surface area contributed by atoms with Crippen molar-refractivity contribution in [1.29, 1.82) is 0 Å². The van der Waals surface area contributed by atoms with Crippen LogP contribution in [0.4, 0.5) is 5.69 Å². The summed E-state index contributed by atoms with van der Waals surface area (Å²) in [5.41, 5.74) is 1.30. The molecule has 1 unspecified atom stereocenters. The lowest BCUT2D eigenvalue weighted by Gasteiger charge is -2.27. The van der Waals surface area contributed by atoms with Crippen molar-refractivity contribution in [2.45, 2.75) is 38.8 Å². The number of carbonyl (C=O) groups excluding carboxylic acids is 4. The van der Waals surface area contributed by atoms with Crippen LogP contribution in [0.25, 0.3) is 0 Å². The molecule has 1 fully saturated rings. The molecule has 0 saturated carbocycles. The highest BCUT2D eigenvalue weighted by molar-refractivity contribution is 6.23. The van der Waals surface area contributed by atoms with Gasteiger partial charge in [0.2, 0.25) is 11.8 Å². The Hall–Kier alpha value is -2.74. The lowest BCUT2D eigenvalue weighted by Crippen LogP contribution is -2.54. The summed E-state index contributed by atoms with van der Waals surface area (Å²) in [6.45, 7) is 5.56. The van der Waals surface area contributed by atoms with Crippen molar-refractivity contribution in [1.82, 2.24) is 15.5 Å². The molecule has 0 aromatic heterocycles. The Morgan fingerprint density at radius 1 is 1.12 bits per heavy atom. The molecule has 0 aliphatic carbocycles. The van der Waals surface area contributed by atoms with Gasteiger partial charge in [-0.15, -0.1) is 0 Å². The van der Waals surface area contributed by atoms with E-state index >= 15 is 0 Å². The van der Waals surface area contributed by atoms with Gasteiger partial charge in [0.05, 0.1) is 11.1 Å². The summed E-state index contributed by atoms with van der Waals surface area (Å²) < 4.78 is 0. The lowest BCUT2D eigenvalue weighted by atomic mass is 10.0. The Balaban J connectivity index is 1.73. The highest BCUT2D eigenvalue weighted by Crippen LogP contribution is 2.29. The molecule has 2 aliphatic heterocycles. The average molecular weight is 358 g/mol. The van der Waals surface area contributed by atoms with Crippen molar-refractivity contribution in [3.63, 3.8) is 0 Å². The highest BCUT2D eigenvalue weighted by atomic mass is 16.2. The fourth-order valence-corrected chi connectivity index (χ4v) is 3.15. The van der Waals surface area contributed by atoms with E-state index in [2.05, 4.69) is 29.8 Å². The van der Waals surface area contributed by atoms with Gasteiger partial charge in [0.1, 0.15) is 6.04 Å². The van der Waals surface area contributed by atoms with Crippen LogP contribution in [0.3, 0.4) is 0 Å². The van der Waals surface area contributed by atoms with E-state index in [4.69, 9.17) is 0 Å². The lowest BCUT2D eigenvalue weighted by molar-refractivity contribution is -0.136. The number of nitrogens with one attached hydrogen (secondary N) is 3. The molecule has 26 heavy (non-hydrogen) atoms. The minimum Gasteiger partial charge on any atom is -0.384 e. The van der Waals surface area contributed by atoms with E-state index < -0.39 is 23.8 Å². The standard InChI is InChI=1S/C18H22N4O4/c1-10(2)19-7-8-20-11-3-4-12-13(9-11)18(26)22(17(12)25)14-5-6-15(23)21-16(14)24/h3-4,9-10,14,19-20H,5-8H2,1-2H3,(H,21,23,24). The van der Waals surface area contributed by atoms with Gasteiger partial charge < -0.3 is 10.6 Å². The predicted octanol–water partition coefficient (Wildman–Crippen LogP) is 0.498. The van der Waals surface area contributed by atoms with Crippen LogP contribution in [0.5, 0.6) is 0 Å². The summed E-state index contributed by atoms with van der Waals surface area (Å²) in [5, 5.41) is 8.67. The summed E-state index contributed by atoms with van der Waals surface area (Å²) in [4.78, 5) is 49.6. The quantitative estimate of drug-likeness (QED) is 0.505. The third-order valence-electron chi connectivity index (χ3n) is 4.45. The Kier molecular flexibility index (Phi) is 5.03. The van der Waals surface area contributed by atoms with Gasteiger partial charge in [0.15, 0.2) is 0 Å². The Labute approximate surface area is 151 Å². The summed E-state index contributed by atoms with van der Waals surface area (Å²) >= 11 is 0. The molecule has 8 nitrogen and oxygen atoms in total. The molecule has 138 valence electrons. The maximum absolute atomic E-state index is 12.7. The summed E-state index contributed by atoms with van der Waals surface area (Å²) in [6, 6.07) is 4.42. The highest BCUT2D eigenvalue weighted by Gasteiger charge is 2.44. The minimum atomic E-state index is -0.938. The number of piperidine rings is 1. The number of hydrogen-bond donors (Lipinski definition) is 3. The molecule has 3 rings (SSSR count). The van der Waals surface area contributed by atoms with Gasteiger partial charge in [0.25, 0.3) is 11.8 Å². The smallest absolute Gasteiger partial charge is 0.262 e. The SMILES string of the molecule is CC(C)NCCNc1ccc2c(c1)C(=O)N(C1CCC(=O)NC1=O)C2=O. The summed E-state index contributed by atoms with van der Waals surface area (Å²) in [5.74, 6) is -1.98. The van der Waals surface area contributed by atoms with E-state index in [0.717, 1.165) is 17.1 Å². The van der Waals surface area contributed by atoms with E-state index in [1.54, 1.807) is 18.2 Å². The number of anilines is 1. The zero-order valence-corrected chi connectivity index (χ0v) is 14.8. The molecular weight excluding hydrogens is 336 g/mol. The number of rotatable bonds is 6. The molecule has 2 aliphatic rings. The first-order valence-corrected chi connectivity index (χ1v) is 8.71. The molecule has 0 spiro atoms. The number of benzene rings is 1. The van der Waals surface area contributed by atoms with Gasteiger partial charge in [-0.1, -0.05) is 13.8 Å². The normalized spacial score (nSPS) is 19.8. The van der Waals surface area contributed by atoms with Crippen LogP contribution in [-0.4, -0.2) is 53.7 Å². The van der Waals surface area contributed by atoms with Crippen molar-refractivity contribution >= 4 is 29.3 Å². The van der Waals surface area contributed by atoms with Crippen molar-refractivity contribution in [3.8, 4) is 0 Å². The molecule has 8 heteroatoms. The topological polar surface area (TPSA) is 108 Å². The molecule has 4 amide bonds. The molecule has 2 heterocycles. The number of hydrogen-bond acceptors (Lipinski definition) is 6. The van der Waals surface area contributed by atoms with Gasteiger partial charge in [-0.05, 0) is 24.6 Å². The molecule has 3 N–H and O–H groups in total. The molecule has 0 radical (unpaired) electrons. The largest absolute Gasteiger partial charge is 0.384 e. The van der Waals surface area contributed by atoms with E-state index in [9.17, 15) is 19.2 Å². The second-order valence-electron chi connectivity index (χ2n) is 6.74. The van der Waals surface area contributed by atoms with Gasteiger partial charge >= 0.3 is 0 Å². The molecule has 1 saturated heterocycles. The van der Waals surface area contributed by atoms with E-state index in [-0.39, 0.29) is 29.9 Å². The molecule has 0 bridgehead atoms. The number of amides is 4. The van der Waals surface area contributed by atoms with Crippen LogP contribution in [0.1, 0.15) is 47.4 Å². The van der Waals surface area contributed by atoms with Crippen LogP contribution in [-0.2, 0) is 9.59 Å². The van der Waals surface area contributed by atoms with Gasteiger partial charge in [0, 0.05) is 31.2 Å². The third-order valence-corrected chi connectivity index (χ3v) is 4.45. The Morgan fingerprint density at radius 3 is 2.54 bits per heavy atom. The van der Waals surface area contributed by atoms with Crippen molar-refractivity contribution in [3.05, 3.63) is 29.3 Å². The van der Waals surface area contributed by atoms with Gasteiger partial charge in [-0.25, -0.2) is 0 Å². The summed E-state index contributed by atoms with van der Waals surface area (Å²) in [6.07, 6.45) is 0.265. The van der Waals surface area contributed by atoms with Crippen LogP contribution in [0.2, 0.25) is 0 Å². The molecule has 1 aromatic carbocycles. The maximum atomic E-state index is 12.7. The van der Waals surface area contributed by atoms with Crippen LogP contribution < -0.4 is 16.0 Å². The van der Waals surface area contributed by atoms with Crippen LogP contribution in [0.15, 0.2) is 18.2 Å². The zero-order valence-electron chi connectivity index (χ0n) is 14.8. The Bertz CT molecular complexity index is 774. The van der Waals surface area contributed by atoms with E-state index in [1.807, 2.05) is 0 Å². The maximum Gasteiger partial charge on any atom is 0.262 e.